The van der Waals surface area contributed by atoms with E-state index in [4.69, 9.17) is 0 Å². The maximum absolute atomic E-state index is 3.38. The van der Waals surface area contributed by atoms with E-state index in [-0.39, 0.29) is 10.8 Å². The van der Waals surface area contributed by atoms with Gasteiger partial charge in [-0.15, -0.1) is 0 Å². The smallest absolute Gasteiger partial charge is 0.0484 e. The van der Waals surface area contributed by atoms with Crippen molar-refractivity contribution in [2.24, 2.45) is 10.8 Å². The first kappa shape index (κ1) is 23.1. The van der Waals surface area contributed by atoms with Gasteiger partial charge in [0.25, 0.3) is 0 Å². The minimum Gasteiger partial charge on any atom is -0.0707 e. The predicted molar refractivity (Wildman–Crippen MR) is 132 cm³/mol. The maximum Gasteiger partial charge on any atom is 0.0484 e. The van der Waals surface area contributed by atoms with Crippen LogP contribution in [-0.4, -0.2) is 0 Å². The van der Waals surface area contributed by atoms with Gasteiger partial charge in [-0.2, -0.15) is 0 Å². The SMILES string of the molecule is CC(C)(C)/C=C/C#C/C(=C(/C#C/C=C/C(C)(C)C)c1ccccc1)c1ccccc1. The summed E-state index contributed by atoms with van der Waals surface area (Å²) in [6, 6.07) is 20.6. The molecular weight excluding hydrogens is 360 g/mol. The molecule has 0 saturated heterocycles. The van der Waals surface area contributed by atoms with Gasteiger partial charge in [-0.25, -0.2) is 0 Å². The van der Waals surface area contributed by atoms with E-state index in [1.165, 1.54) is 0 Å². The lowest BCUT2D eigenvalue weighted by atomic mass is 9.94. The van der Waals surface area contributed by atoms with Crippen molar-refractivity contribution < 1.29 is 0 Å². The van der Waals surface area contributed by atoms with Crippen molar-refractivity contribution in [3.8, 4) is 23.7 Å². The number of hydrogen-bond donors (Lipinski definition) is 0. The van der Waals surface area contributed by atoms with Crippen LogP contribution in [0.3, 0.4) is 0 Å². The van der Waals surface area contributed by atoms with Crippen molar-refractivity contribution in [3.05, 3.63) is 96.1 Å². The summed E-state index contributed by atoms with van der Waals surface area (Å²) in [4.78, 5) is 0. The Bertz CT molecular complexity index is 936. The van der Waals surface area contributed by atoms with Gasteiger partial charge in [-0.1, -0.05) is 138 Å². The number of rotatable bonds is 2. The Morgan fingerprint density at radius 3 is 1.20 bits per heavy atom. The first-order valence-corrected chi connectivity index (χ1v) is 10.4. The van der Waals surface area contributed by atoms with Crippen LogP contribution in [0.15, 0.2) is 85.0 Å². The average Bonchev–Trinajstić information content (AvgIpc) is 2.69. The summed E-state index contributed by atoms with van der Waals surface area (Å²) in [6.07, 6.45) is 8.14. The van der Waals surface area contributed by atoms with E-state index in [2.05, 4.69) is 102 Å². The molecule has 2 aromatic carbocycles. The Hall–Kier alpha value is -3.22. The average molecular weight is 393 g/mol. The summed E-state index contributed by atoms with van der Waals surface area (Å²) in [5, 5.41) is 0. The van der Waals surface area contributed by atoms with Gasteiger partial charge >= 0.3 is 0 Å². The standard InChI is InChI=1S/C30H32/c1-29(2,3)23-15-13-21-27(25-17-9-7-10-18-25)28(26-19-11-8-12-20-26)22-14-16-24-30(4,5)6/h7-12,15-20,23-24H,1-6H3/b23-15+,24-16+,28-27+. The highest BCUT2D eigenvalue weighted by molar-refractivity contribution is 6.04. The molecule has 0 radical (unpaired) electrons. The molecule has 0 fully saturated rings. The van der Waals surface area contributed by atoms with Gasteiger partial charge in [0.2, 0.25) is 0 Å². The molecule has 0 aliphatic rings. The molecule has 0 nitrogen and oxygen atoms in total. The van der Waals surface area contributed by atoms with E-state index in [1.54, 1.807) is 0 Å². The summed E-state index contributed by atoms with van der Waals surface area (Å²) in [7, 11) is 0. The highest BCUT2D eigenvalue weighted by atomic mass is 14.1. The zero-order chi connectivity index (χ0) is 22.0. The summed E-state index contributed by atoms with van der Waals surface area (Å²) >= 11 is 0. The predicted octanol–water partition coefficient (Wildman–Crippen LogP) is 7.81. The van der Waals surface area contributed by atoms with Crippen LogP contribution in [0.2, 0.25) is 0 Å². The van der Waals surface area contributed by atoms with Crippen LogP contribution in [0.25, 0.3) is 11.1 Å². The summed E-state index contributed by atoms with van der Waals surface area (Å²) in [5.74, 6) is 13.2. The minimum atomic E-state index is 0.102. The lowest BCUT2D eigenvalue weighted by Gasteiger charge is -2.10. The molecule has 0 unspecified atom stereocenters. The zero-order valence-corrected chi connectivity index (χ0v) is 19.1. The molecular formula is C30H32. The number of benzene rings is 2. The molecule has 0 aromatic heterocycles. The van der Waals surface area contributed by atoms with Gasteiger partial charge in [-0.3, -0.25) is 0 Å². The van der Waals surface area contributed by atoms with Gasteiger partial charge in [0.1, 0.15) is 0 Å². The first-order chi connectivity index (χ1) is 14.2. The Morgan fingerprint density at radius 2 is 0.900 bits per heavy atom. The van der Waals surface area contributed by atoms with E-state index in [9.17, 15) is 0 Å². The third kappa shape index (κ3) is 8.43. The third-order valence-electron chi connectivity index (χ3n) is 4.10. The van der Waals surface area contributed by atoms with Crippen LogP contribution >= 0.6 is 0 Å². The highest BCUT2D eigenvalue weighted by Gasteiger charge is 2.08. The third-order valence-corrected chi connectivity index (χ3v) is 4.10. The summed E-state index contributed by atoms with van der Waals surface area (Å²) in [6.45, 7) is 13.0. The van der Waals surface area contributed by atoms with Crippen molar-refractivity contribution in [2.75, 3.05) is 0 Å². The molecule has 0 aliphatic carbocycles. The van der Waals surface area contributed by atoms with Gasteiger partial charge in [0.05, 0.1) is 0 Å². The zero-order valence-electron chi connectivity index (χ0n) is 19.1. The molecule has 0 N–H and O–H groups in total. The quantitative estimate of drug-likeness (QED) is 0.361. The number of allylic oxidation sites excluding steroid dienone is 6. The van der Waals surface area contributed by atoms with E-state index >= 15 is 0 Å². The molecule has 0 heteroatoms. The van der Waals surface area contributed by atoms with Gasteiger partial charge in [-0.05, 0) is 34.1 Å². The lowest BCUT2D eigenvalue weighted by molar-refractivity contribution is 0.544. The molecule has 2 aromatic rings. The summed E-state index contributed by atoms with van der Waals surface area (Å²) in [5.41, 5.74) is 4.23. The lowest BCUT2D eigenvalue weighted by Crippen LogP contribution is -1.97. The molecule has 2 rings (SSSR count). The molecule has 152 valence electrons. The first-order valence-electron chi connectivity index (χ1n) is 10.4. The topological polar surface area (TPSA) is 0 Å². The maximum atomic E-state index is 3.38. The van der Waals surface area contributed by atoms with Crippen LogP contribution in [-0.2, 0) is 0 Å². The molecule has 0 heterocycles. The highest BCUT2D eigenvalue weighted by Crippen LogP contribution is 2.26. The molecule has 0 bridgehead atoms. The van der Waals surface area contributed by atoms with Crippen LogP contribution in [0.5, 0.6) is 0 Å². The van der Waals surface area contributed by atoms with Crippen molar-refractivity contribution in [2.45, 2.75) is 41.5 Å². The minimum absolute atomic E-state index is 0.102. The van der Waals surface area contributed by atoms with Crippen LogP contribution < -0.4 is 0 Å². The van der Waals surface area contributed by atoms with Crippen molar-refractivity contribution in [1.29, 1.82) is 0 Å². The molecule has 30 heavy (non-hydrogen) atoms. The fraction of sp³-hybridized carbons (Fsp3) is 0.267. The Kier molecular flexibility index (Phi) is 8.09. The van der Waals surface area contributed by atoms with Crippen LogP contribution in [0, 0.1) is 34.5 Å². The fourth-order valence-electron chi connectivity index (χ4n) is 2.58. The number of hydrogen-bond acceptors (Lipinski definition) is 0. The molecule has 0 atom stereocenters. The molecule has 0 aliphatic heterocycles. The molecule has 0 saturated carbocycles. The van der Waals surface area contributed by atoms with E-state index in [1.807, 2.05) is 48.6 Å². The largest absolute Gasteiger partial charge is 0.0707 e. The van der Waals surface area contributed by atoms with Crippen molar-refractivity contribution >= 4 is 11.1 Å². The van der Waals surface area contributed by atoms with E-state index in [0.717, 1.165) is 22.3 Å². The Labute approximate surface area is 183 Å². The van der Waals surface area contributed by atoms with E-state index < -0.39 is 0 Å². The second-order valence-corrected chi connectivity index (χ2v) is 9.42. The van der Waals surface area contributed by atoms with Gasteiger partial charge in [0.15, 0.2) is 0 Å². The van der Waals surface area contributed by atoms with E-state index in [0.29, 0.717) is 0 Å². The fourth-order valence-corrected chi connectivity index (χ4v) is 2.58. The Balaban J connectivity index is 2.66. The monoisotopic (exact) mass is 392 g/mol. The normalized spacial score (nSPS) is 12.7. The van der Waals surface area contributed by atoms with Gasteiger partial charge in [0, 0.05) is 11.1 Å². The van der Waals surface area contributed by atoms with Crippen LogP contribution in [0.1, 0.15) is 52.7 Å². The van der Waals surface area contributed by atoms with Gasteiger partial charge < -0.3 is 0 Å². The molecule has 0 spiro atoms. The second-order valence-electron chi connectivity index (χ2n) is 9.42. The van der Waals surface area contributed by atoms with Crippen molar-refractivity contribution in [1.82, 2.24) is 0 Å². The molecule has 0 amide bonds. The second kappa shape index (κ2) is 10.5. The Morgan fingerprint density at radius 1 is 0.567 bits per heavy atom. The van der Waals surface area contributed by atoms with Crippen molar-refractivity contribution in [3.63, 3.8) is 0 Å². The van der Waals surface area contributed by atoms with Crippen LogP contribution in [0.4, 0.5) is 0 Å². The summed E-state index contributed by atoms with van der Waals surface area (Å²) < 4.78 is 0.